The number of hydrogen-bond acceptors (Lipinski definition) is 6. The number of rotatable bonds is 5. The Hall–Kier alpha value is -4.44. The maximum absolute atomic E-state index is 13.6. The molecule has 0 aliphatic carbocycles. The lowest BCUT2D eigenvalue weighted by Crippen LogP contribution is -2.38. The number of amides is 1. The maximum atomic E-state index is 13.6. The number of thioether (sulfide) groups is 1. The number of nitrogens with zero attached hydrogens (tertiary/aromatic N) is 4. The van der Waals surface area contributed by atoms with Crippen LogP contribution in [0.2, 0.25) is 0 Å². The van der Waals surface area contributed by atoms with Crippen LogP contribution in [0.1, 0.15) is 0 Å². The second kappa shape index (κ2) is 9.31. The van der Waals surface area contributed by atoms with E-state index in [2.05, 4.69) is 5.32 Å². The third kappa shape index (κ3) is 4.11. The summed E-state index contributed by atoms with van der Waals surface area (Å²) in [7, 11) is 2.83. The van der Waals surface area contributed by atoms with Crippen LogP contribution in [0, 0.1) is 0 Å². The van der Waals surface area contributed by atoms with Crippen molar-refractivity contribution in [2.45, 2.75) is 5.16 Å². The summed E-state index contributed by atoms with van der Waals surface area (Å²) in [5.74, 6) is -0.458. The first kappa shape index (κ1) is 23.3. The largest absolute Gasteiger partial charge is 0.332 e. The number of anilines is 1. The summed E-state index contributed by atoms with van der Waals surface area (Å²) >= 11 is 1.09. The Morgan fingerprint density at radius 2 is 1.58 bits per heavy atom. The highest BCUT2D eigenvalue weighted by atomic mass is 32.2. The first-order valence-corrected chi connectivity index (χ1v) is 12.0. The fraction of sp³-hybridized carbons (Fsp3) is 0.115. The summed E-state index contributed by atoms with van der Waals surface area (Å²) in [6.07, 6.45) is 0. The summed E-state index contributed by atoms with van der Waals surface area (Å²) in [6.45, 7) is 0. The molecule has 1 amide bonds. The van der Waals surface area contributed by atoms with Crippen molar-refractivity contribution >= 4 is 45.2 Å². The average molecular weight is 500 g/mol. The van der Waals surface area contributed by atoms with Gasteiger partial charge in [-0.05, 0) is 23.6 Å². The van der Waals surface area contributed by atoms with Gasteiger partial charge >= 0.3 is 5.69 Å². The Balaban J connectivity index is 1.55. The molecular formula is C26H21N5O4S. The predicted octanol–water partition coefficient (Wildman–Crippen LogP) is 2.67. The molecule has 2 heterocycles. The van der Waals surface area contributed by atoms with Crippen molar-refractivity contribution in [1.29, 1.82) is 0 Å². The molecule has 0 aliphatic rings. The van der Waals surface area contributed by atoms with Gasteiger partial charge in [0, 0.05) is 25.5 Å². The SMILES string of the molecule is Cn1c(NC(=O)CSc2nc3ccccc3c(=O)n2-c2cccc3ccccc23)cc(=O)n(C)c1=O. The molecule has 9 nitrogen and oxygen atoms in total. The Bertz CT molecular complexity index is 1830. The van der Waals surface area contributed by atoms with Gasteiger partial charge in [-0.15, -0.1) is 0 Å². The molecule has 3 aromatic carbocycles. The van der Waals surface area contributed by atoms with Gasteiger partial charge in [0.15, 0.2) is 5.16 Å². The molecule has 0 atom stereocenters. The molecule has 0 spiro atoms. The molecule has 36 heavy (non-hydrogen) atoms. The Kier molecular flexibility index (Phi) is 6.03. The fourth-order valence-electron chi connectivity index (χ4n) is 3.99. The first-order valence-electron chi connectivity index (χ1n) is 11.0. The van der Waals surface area contributed by atoms with Gasteiger partial charge in [-0.25, -0.2) is 9.78 Å². The van der Waals surface area contributed by atoms with Crippen LogP contribution in [0.4, 0.5) is 5.82 Å². The van der Waals surface area contributed by atoms with Crippen molar-refractivity contribution in [1.82, 2.24) is 18.7 Å². The monoisotopic (exact) mass is 499 g/mol. The lowest BCUT2D eigenvalue weighted by atomic mass is 10.1. The standard InChI is InChI=1S/C26H21N5O4S/c1-29-21(14-23(33)30(2)26(29)35)28-22(32)15-36-25-27-19-12-6-5-11-18(19)24(34)31(25)20-13-7-9-16-8-3-4-10-17(16)20/h3-14H,15H2,1-2H3,(H,28,32). The Labute approximate surface area is 208 Å². The van der Waals surface area contributed by atoms with Crippen LogP contribution < -0.4 is 22.1 Å². The third-order valence-electron chi connectivity index (χ3n) is 5.88. The molecule has 10 heteroatoms. The molecule has 2 aromatic heterocycles. The van der Waals surface area contributed by atoms with E-state index in [1.165, 1.54) is 29.3 Å². The van der Waals surface area contributed by atoms with Crippen molar-refractivity contribution in [3.05, 3.63) is 104 Å². The van der Waals surface area contributed by atoms with Gasteiger partial charge < -0.3 is 5.32 Å². The molecule has 180 valence electrons. The third-order valence-corrected chi connectivity index (χ3v) is 6.82. The van der Waals surface area contributed by atoms with Gasteiger partial charge in [-0.1, -0.05) is 60.3 Å². The van der Waals surface area contributed by atoms with Crippen molar-refractivity contribution in [2.75, 3.05) is 11.1 Å². The molecule has 1 N–H and O–H groups in total. The summed E-state index contributed by atoms with van der Waals surface area (Å²) in [5, 5.41) is 5.27. The van der Waals surface area contributed by atoms with Crippen LogP contribution in [0.25, 0.3) is 27.4 Å². The van der Waals surface area contributed by atoms with Gasteiger partial charge in [0.05, 0.1) is 22.3 Å². The number of benzene rings is 3. The summed E-state index contributed by atoms with van der Waals surface area (Å²) in [5.41, 5.74) is -0.133. The minimum absolute atomic E-state index is 0.0895. The van der Waals surface area contributed by atoms with E-state index in [0.717, 1.165) is 27.1 Å². The number of carbonyl (C=O) groups is 1. The number of carbonyl (C=O) groups excluding carboxylic acids is 1. The topological polar surface area (TPSA) is 108 Å². The molecule has 0 fully saturated rings. The van der Waals surface area contributed by atoms with Crippen LogP contribution in [-0.2, 0) is 18.9 Å². The van der Waals surface area contributed by atoms with Gasteiger partial charge in [-0.3, -0.25) is 28.1 Å². The summed E-state index contributed by atoms with van der Waals surface area (Å²) in [4.78, 5) is 55.2. The highest BCUT2D eigenvalue weighted by molar-refractivity contribution is 7.99. The van der Waals surface area contributed by atoms with Crippen LogP contribution in [0.3, 0.4) is 0 Å². The van der Waals surface area contributed by atoms with E-state index in [-0.39, 0.29) is 17.1 Å². The number of fused-ring (bicyclic) bond motifs is 2. The van der Waals surface area contributed by atoms with Gasteiger partial charge in [0.25, 0.3) is 11.1 Å². The molecule has 0 aliphatic heterocycles. The molecule has 0 saturated heterocycles. The number of aromatic nitrogens is 4. The van der Waals surface area contributed by atoms with Crippen molar-refractivity contribution in [3.8, 4) is 5.69 Å². The van der Waals surface area contributed by atoms with E-state index >= 15 is 0 Å². The van der Waals surface area contributed by atoms with E-state index in [1.54, 1.807) is 24.3 Å². The molecule has 0 bridgehead atoms. The van der Waals surface area contributed by atoms with E-state index in [1.807, 2.05) is 42.5 Å². The van der Waals surface area contributed by atoms with E-state index in [9.17, 15) is 19.2 Å². The number of nitrogens with one attached hydrogen (secondary N) is 1. The summed E-state index contributed by atoms with van der Waals surface area (Å²) in [6, 6.07) is 21.7. The van der Waals surface area contributed by atoms with Crippen LogP contribution in [0.5, 0.6) is 0 Å². The second-order valence-corrected chi connectivity index (χ2v) is 9.10. The number of para-hydroxylation sites is 1. The second-order valence-electron chi connectivity index (χ2n) is 8.16. The molecule has 5 aromatic rings. The predicted molar refractivity (Wildman–Crippen MR) is 141 cm³/mol. The average Bonchev–Trinajstić information content (AvgIpc) is 2.89. The minimum atomic E-state index is -0.550. The van der Waals surface area contributed by atoms with E-state index in [0.29, 0.717) is 21.7 Å². The van der Waals surface area contributed by atoms with Crippen molar-refractivity contribution < 1.29 is 4.79 Å². The fourth-order valence-corrected chi connectivity index (χ4v) is 4.79. The lowest BCUT2D eigenvalue weighted by Gasteiger charge is -2.15. The molecule has 0 unspecified atom stereocenters. The number of hydrogen-bond donors (Lipinski definition) is 1. The smallest absolute Gasteiger partial charge is 0.311 e. The van der Waals surface area contributed by atoms with E-state index < -0.39 is 17.2 Å². The van der Waals surface area contributed by atoms with Gasteiger partial charge in [0.1, 0.15) is 5.82 Å². The highest BCUT2D eigenvalue weighted by Crippen LogP contribution is 2.26. The minimum Gasteiger partial charge on any atom is -0.311 e. The zero-order valence-electron chi connectivity index (χ0n) is 19.5. The van der Waals surface area contributed by atoms with E-state index in [4.69, 9.17) is 4.98 Å². The van der Waals surface area contributed by atoms with Crippen LogP contribution in [0.15, 0.2) is 92.3 Å². The Morgan fingerprint density at radius 1 is 0.889 bits per heavy atom. The quantitative estimate of drug-likeness (QED) is 0.294. The van der Waals surface area contributed by atoms with Crippen molar-refractivity contribution in [2.24, 2.45) is 14.1 Å². The maximum Gasteiger partial charge on any atom is 0.332 e. The van der Waals surface area contributed by atoms with Crippen LogP contribution in [-0.4, -0.2) is 30.3 Å². The van der Waals surface area contributed by atoms with Crippen LogP contribution >= 0.6 is 11.8 Å². The Morgan fingerprint density at radius 3 is 2.39 bits per heavy atom. The zero-order valence-corrected chi connectivity index (χ0v) is 20.3. The van der Waals surface area contributed by atoms with Crippen molar-refractivity contribution in [3.63, 3.8) is 0 Å². The normalized spacial score (nSPS) is 11.2. The first-order chi connectivity index (χ1) is 17.3. The zero-order chi connectivity index (χ0) is 25.4. The summed E-state index contributed by atoms with van der Waals surface area (Å²) < 4.78 is 3.66. The van der Waals surface area contributed by atoms with Gasteiger partial charge in [-0.2, -0.15) is 0 Å². The lowest BCUT2D eigenvalue weighted by molar-refractivity contribution is -0.113. The molecule has 5 rings (SSSR count). The molecular weight excluding hydrogens is 478 g/mol. The highest BCUT2D eigenvalue weighted by Gasteiger charge is 2.17. The molecule has 0 saturated carbocycles. The van der Waals surface area contributed by atoms with Gasteiger partial charge in [0.2, 0.25) is 5.91 Å². The molecule has 0 radical (unpaired) electrons.